The summed E-state index contributed by atoms with van der Waals surface area (Å²) >= 11 is 0. The Morgan fingerprint density at radius 1 is 1.50 bits per heavy atom. The molecule has 0 aliphatic carbocycles. The van der Waals surface area contributed by atoms with Gasteiger partial charge in [0.15, 0.2) is 0 Å². The van der Waals surface area contributed by atoms with Gasteiger partial charge in [0.05, 0.1) is 9.82 Å². The summed E-state index contributed by atoms with van der Waals surface area (Å²) in [6.45, 7) is 1.23. The Bertz CT molecular complexity index is 497. The third-order valence-electron chi connectivity index (χ3n) is 1.66. The molecular weight excluding hydrogens is 236 g/mol. The van der Waals surface area contributed by atoms with E-state index in [1.54, 1.807) is 0 Å². The second-order valence-electron chi connectivity index (χ2n) is 3.05. The number of nitrogens with one attached hydrogen (secondary N) is 1. The van der Waals surface area contributed by atoms with Crippen molar-refractivity contribution in [3.8, 4) is 0 Å². The van der Waals surface area contributed by atoms with Gasteiger partial charge in [0.2, 0.25) is 10.0 Å². The number of sulfonamides is 1. The second-order valence-corrected chi connectivity index (χ2v) is 4.77. The standard InChI is InChI=1S/C8H10N2O5S/c1-6(11)9-16(14,15)8-4-2-3-7(5-8)10(12)13/h2-6,9,11H,1H3. The van der Waals surface area contributed by atoms with Gasteiger partial charge in [-0.3, -0.25) is 10.1 Å². The van der Waals surface area contributed by atoms with E-state index in [1.807, 2.05) is 4.72 Å². The zero-order chi connectivity index (χ0) is 12.3. The number of benzene rings is 1. The van der Waals surface area contributed by atoms with Gasteiger partial charge in [0.25, 0.3) is 5.69 Å². The van der Waals surface area contributed by atoms with E-state index in [1.165, 1.54) is 25.1 Å². The monoisotopic (exact) mass is 246 g/mol. The summed E-state index contributed by atoms with van der Waals surface area (Å²) in [5.74, 6) is 0. The highest BCUT2D eigenvalue weighted by Crippen LogP contribution is 2.17. The van der Waals surface area contributed by atoms with Gasteiger partial charge in [-0.2, -0.15) is 4.72 Å². The van der Waals surface area contributed by atoms with Crippen molar-refractivity contribution in [2.75, 3.05) is 0 Å². The predicted octanol–water partition coefficient (Wildman–Crippen LogP) is 0.211. The van der Waals surface area contributed by atoms with Gasteiger partial charge in [-0.15, -0.1) is 0 Å². The van der Waals surface area contributed by atoms with Crippen molar-refractivity contribution in [2.24, 2.45) is 0 Å². The molecule has 0 fully saturated rings. The van der Waals surface area contributed by atoms with Crippen molar-refractivity contribution >= 4 is 15.7 Å². The number of nitro benzene ring substituents is 1. The summed E-state index contributed by atoms with van der Waals surface area (Å²) in [7, 11) is -3.92. The molecule has 0 aliphatic heterocycles. The Hall–Kier alpha value is -1.51. The molecule has 1 unspecified atom stereocenters. The molecule has 1 aromatic rings. The predicted molar refractivity (Wildman–Crippen MR) is 55.1 cm³/mol. The molecule has 1 aromatic carbocycles. The molecule has 0 bridgehead atoms. The van der Waals surface area contributed by atoms with Crippen LogP contribution in [0.3, 0.4) is 0 Å². The molecule has 0 amide bonds. The molecule has 16 heavy (non-hydrogen) atoms. The average Bonchev–Trinajstić information content (AvgIpc) is 2.16. The fourth-order valence-corrected chi connectivity index (χ4v) is 2.18. The van der Waals surface area contributed by atoms with E-state index in [0.29, 0.717) is 0 Å². The molecule has 0 spiro atoms. The average molecular weight is 246 g/mol. The summed E-state index contributed by atoms with van der Waals surface area (Å²) in [4.78, 5) is 9.49. The first-order valence-corrected chi connectivity index (χ1v) is 5.76. The third kappa shape index (κ3) is 2.99. The van der Waals surface area contributed by atoms with E-state index < -0.39 is 21.2 Å². The number of hydrogen-bond donors (Lipinski definition) is 2. The van der Waals surface area contributed by atoms with Crippen LogP contribution in [0.15, 0.2) is 29.2 Å². The zero-order valence-corrected chi connectivity index (χ0v) is 9.14. The van der Waals surface area contributed by atoms with E-state index >= 15 is 0 Å². The first-order valence-electron chi connectivity index (χ1n) is 4.28. The van der Waals surface area contributed by atoms with Crippen LogP contribution in [0.25, 0.3) is 0 Å². The van der Waals surface area contributed by atoms with E-state index in [-0.39, 0.29) is 10.6 Å². The Morgan fingerprint density at radius 2 is 2.12 bits per heavy atom. The fourth-order valence-electron chi connectivity index (χ4n) is 1.06. The first-order chi connectivity index (χ1) is 7.33. The van der Waals surface area contributed by atoms with Gasteiger partial charge < -0.3 is 5.11 Å². The van der Waals surface area contributed by atoms with Crippen LogP contribution in [-0.2, 0) is 10.0 Å². The van der Waals surface area contributed by atoms with Crippen molar-refractivity contribution in [3.05, 3.63) is 34.4 Å². The highest BCUT2D eigenvalue weighted by atomic mass is 32.2. The van der Waals surface area contributed by atoms with Gasteiger partial charge in [0, 0.05) is 12.1 Å². The van der Waals surface area contributed by atoms with Gasteiger partial charge in [-0.25, -0.2) is 8.42 Å². The van der Waals surface area contributed by atoms with Crippen LogP contribution >= 0.6 is 0 Å². The Labute approximate surface area is 91.9 Å². The molecule has 0 radical (unpaired) electrons. The smallest absolute Gasteiger partial charge is 0.270 e. The lowest BCUT2D eigenvalue weighted by Crippen LogP contribution is -2.32. The van der Waals surface area contributed by atoms with Gasteiger partial charge >= 0.3 is 0 Å². The van der Waals surface area contributed by atoms with Crippen molar-refractivity contribution in [1.29, 1.82) is 0 Å². The molecule has 8 heteroatoms. The SMILES string of the molecule is CC(O)NS(=O)(=O)c1cccc([N+](=O)[O-])c1. The molecule has 88 valence electrons. The Balaban J connectivity index is 3.14. The number of aliphatic hydroxyl groups excluding tert-OH is 1. The summed E-state index contributed by atoms with van der Waals surface area (Å²) < 4.78 is 25.0. The maximum Gasteiger partial charge on any atom is 0.270 e. The van der Waals surface area contributed by atoms with Crippen molar-refractivity contribution in [3.63, 3.8) is 0 Å². The zero-order valence-electron chi connectivity index (χ0n) is 8.32. The summed E-state index contributed by atoms with van der Waals surface area (Å²) in [5.41, 5.74) is -0.325. The molecule has 7 nitrogen and oxygen atoms in total. The normalized spacial score (nSPS) is 13.4. The Morgan fingerprint density at radius 3 is 2.62 bits per heavy atom. The van der Waals surface area contributed by atoms with E-state index in [9.17, 15) is 18.5 Å². The third-order valence-corrected chi connectivity index (χ3v) is 3.19. The lowest BCUT2D eigenvalue weighted by molar-refractivity contribution is -0.385. The number of nitro groups is 1. The lowest BCUT2D eigenvalue weighted by Gasteiger charge is -2.08. The number of hydrogen-bond acceptors (Lipinski definition) is 5. The minimum absolute atomic E-state index is 0.261. The van der Waals surface area contributed by atoms with Crippen LogP contribution in [0.2, 0.25) is 0 Å². The van der Waals surface area contributed by atoms with Crippen molar-refractivity contribution < 1.29 is 18.4 Å². The van der Waals surface area contributed by atoms with E-state index in [4.69, 9.17) is 5.11 Å². The quantitative estimate of drug-likeness (QED) is 0.448. The highest BCUT2D eigenvalue weighted by molar-refractivity contribution is 7.89. The number of aliphatic hydroxyl groups is 1. The topological polar surface area (TPSA) is 110 Å². The maximum absolute atomic E-state index is 11.5. The summed E-state index contributed by atoms with van der Waals surface area (Å²) in [6.07, 6.45) is -1.26. The van der Waals surface area contributed by atoms with Crippen LogP contribution in [0, 0.1) is 10.1 Å². The number of non-ortho nitro benzene ring substituents is 1. The molecule has 0 aromatic heterocycles. The number of nitrogens with zero attached hydrogens (tertiary/aromatic N) is 1. The molecule has 0 aliphatic rings. The summed E-state index contributed by atoms with van der Waals surface area (Å²) in [5, 5.41) is 19.3. The van der Waals surface area contributed by atoms with Crippen LogP contribution in [0.4, 0.5) is 5.69 Å². The molecule has 2 N–H and O–H groups in total. The fraction of sp³-hybridized carbons (Fsp3) is 0.250. The molecule has 1 atom stereocenters. The largest absolute Gasteiger partial charge is 0.378 e. The number of rotatable bonds is 4. The molecule has 1 rings (SSSR count). The van der Waals surface area contributed by atoms with Crippen molar-refractivity contribution in [1.82, 2.24) is 4.72 Å². The van der Waals surface area contributed by atoms with Gasteiger partial charge in [-0.05, 0) is 13.0 Å². The maximum atomic E-state index is 11.5. The van der Waals surface area contributed by atoms with Crippen molar-refractivity contribution in [2.45, 2.75) is 18.0 Å². The molecule has 0 heterocycles. The van der Waals surface area contributed by atoms with Crippen LogP contribution in [0.5, 0.6) is 0 Å². The highest BCUT2D eigenvalue weighted by Gasteiger charge is 2.18. The lowest BCUT2D eigenvalue weighted by atomic mass is 10.3. The minimum Gasteiger partial charge on any atom is -0.378 e. The van der Waals surface area contributed by atoms with Gasteiger partial charge in [0.1, 0.15) is 6.23 Å². The molecule has 0 saturated heterocycles. The summed E-state index contributed by atoms with van der Waals surface area (Å²) in [6, 6.07) is 4.57. The first kappa shape index (κ1) is 12.6. The Kier molecular flexibility index (Phi) is 3.58. The minimum atomic E-state index is -3.92. The molecule has 0 saturated carbocycles. The van der Waals surface area contributed by atoms with E-state index in [2.05, 4.69) is 0 Å². The molecular formula is C8H10N2O5S. The van der Waals surface area contributed by atoms with Crippen LogP contribution in [0.1, 0.15) is 6.92 Å². The van der Waals surface area contributed by atoms with E-state index in [0.717, 1.165) is 6.07 Å². The second kappa shape index (κ2) is 4.56. The van der Waals surface area contributed by atoms with Crippen LogP contribution in [-0.4, -0.2) is 24.7 Å². The van der Waals surface area contributed by atoms with Crippen LogP contribution < -0.4 is 4.72 Å². The van der Waals surface area contributed by atoms with Gasteiger partial charge in [-0.1, -0.05) is 6.07 Å².